The molecule has 0 aliphatic heterocycles. The Morgan fingerprint density at radius 1 is 0.714 bits per heavy atom. The highest BCUT2D eigenvalue weighted by atomic mass is 28.5. The maximum Gasteiger partial charge on any atom is 0.323 e. The Bertz CT molecular complexity index is 518. The molecule has 28 heavy (non-hydrogen) atoms. The Balaban J connectivity index is 2.22. The van der Waals surface area contributed by atoms with Crippen LogP contribution in [0.4, 0.5) is 0 Å². The monoisotopic (exact) mass is 426 g/mol. The Hall–Kier alpha value is -0.666. The van der Waals surface area contributed by atoms with E-state index in [1.54, 1.807) is 7.11 Å². The van der Waals surface area contributed by atoms with Gasteiger partial charge >= 0.3 is 17.1 Å². The summed E-state index contributed by atoms with van der Waals surface area (Å²) in [4.78, 5) is 0. The predicted octanol–water partition coefficient (Wildman–Crippen LogP) is 6.79. The molecule has 162 valence electrons. The summed E-state index contributed by atoms with van der Waals surface area (Å²) in [5.74, 6) is 0.861. The van der Waals surface area contributed by atoms with Gasteiger partial charge in [0.2, 0.25) is 0 Å². The lowest BCUT2D eigenvalue weighted by Gasteiger charge is -2.32. The fraction of sp³-hybridized carbons (Fsp3) is 0.727. The zero-order valence-electron chi connectivity index (χ0n) is 19.0. The van der Waals surface area contributed by atoms with Gasteiger partial charge < -0.3 is 17.7 Å². The highest BCUT2D eigenvalue weighted by Crippen LogP contribution is 2.20. The van der Waals surface area contributed by atoms with Gasteiger partial charge in [0.1, 0.15) is 5.75 Å². The first-order chi connectivity index (χ1) is 13.3. The average Bonchev–Trinajstić information content (AvgIpc) is 2.64. The number of unbranched alkanes of at least 4 members (excludes halogenated alkanes) is 7. The van der Waals surface area contributed by atoms with E-state index in [1.165, 1.54) is 44.9 Å². The summed E-state index contributed by atoms with van der Waals surface area (Å²) >= 11 is 0. The van der Waals surface area contributed by atoms with Crippen LogP contribution < -0.4 is 4.74 Å². The molecule has 0 aliphatic rings. The maximum absolute atomic E-state index is 6.37. The smallest absolute Gasteiger partial charge is 0.323 e. The molecule has 0 fully saturated rings. The first-order valence-corrected chi connectivity index (χ1v) is 16.5. The molecule has 0 spiro atoms. The third-order valence-corrected chi connectivity index (χ3v) is 10.4. The average molecular weight is 427 g/mol. The van der Waals surface area contributed by atoms with Crippen molar-refractivity contribution in [2.45, 2.75) is 91.1 Å². The van der Waals surface area contributed by atoms with Crippen molar-refractivity contribution in [1.29, 1.82) is 0 Å². The van der Waals surface area contributed by atoms with E-state index in [0.29, 0.717) is 6.61 Å². The molecule has 0 bridgehead atoms. The van der Waals surface area contributed by atoms with Crippen molar-refractivity contribution in [3.63, 3.8) is 0 Å². The first-order valence-electron chi connectivity index (χ1n) is 10.9. The van der Waals surface area contributed by atoms with E-state index in [0.717, 1.165) is 24.3 Å². The highest BCUT2D eigenvalue weighted by Gasteiger charge is 2.36. The van der Waals surface area contributed by atoms with Crippen LogP contribution in [0.2, 0.25) is 26.2 Å². The van der Waals surface area contributed by atoms with Crippen molar-refractivity contribution in [2.75, 3.05) is 13.7 Å². The fourth-order valence-corrected chi connectivity index (χ4v) is 9.54. The summed E-state index contributed by atoms with van der Waals surface area (Å²) in [6, 6.07) is 7.98. The molecule has 4 nitrogen and oxygen atoms in total. The number of benzene rings is 1. The predicted molar refractivity (Wildman–Crippen MR) is 122 cm³/mol. The first kappa shape index (κ1) is 25.4. The molecule has 0 unspecified atom stereocenters. The fourth-order valence-electron chi connectivity index (χ4n) is 3.18. The van der Waals surface area contributed by atoms with E-state index < -0.39 is 17.1 Å². The number of ether oxygens (including phenoxy) is 1. The summed E-state index contributed by atoms with van der Waals surface area (Å²) in [7, 11) is -2.72. The molecule has 0 amide bonds. The van der Waals surface area contributed by atoms with Gasteiger partial charge in [-0.1, -0.05) is 64.0 Å². The van der Waals surface area contributed by atoms with Gasteiger partial charge in [-0.05, 0) is 50.3 Å². The van der Waals surface area contributed by atoms with Crippen LogP contribution in [0.25, 0.3) is 0 Å². The van der Waals surface area contributed by atoms with Crippen molar-refractivity contribution < 1.29 is 17.7 Å². The second kappa shape index (κ2) is 13.5. The van der Waals surface area contributed by atoms with Gasteiger partial charge in [0.25, 0.3) is 0 Å². The van der Waals surface area contributed by atoms with Crippen LogP contribution in [0.15, 0.2) is 24.3 Å². The van der Waals surface area contributed by atoms with Crippen molar-refractivity contribution in [3.05, 3.63) is 29.8 Å². The summed E-state index contributed by atoms with van der Waals surface area (Å²) in [5, 5.41) is 0. The van der Waals surface area contributed by atoms with E-state index in [2.05, 4.69) is 33.1 Å². The Labute approximate surface area is 175 Å². The van der Waals surface area contributed by atoms with E-state index in [4.69, 9.17) is 17.7 Å². The molecule has 0 aromatic heterocycles. The molecule has 1 aromatic rings. The normalized spacial score (nSPS) is 12.4. The standard InChI is InChI=1S/C22H42O4Si2/c1-7-8-9-10-11-12-13-14-19-24-27(3,4)26-28(5,6)25-20-21-15-17-22(23-2)18-16-21/h15-18H,7-14,19-20H2,1-6H3. The van der Waals surface area contributed by atoms with Crippen LogP contribution in [0.3, 0.4) is 0 Å². The van der Waals surface area contributed by atoms with Gasteiger partial charge in [0.15, 0.2) is 0 Å². The van der Waals surface area contributed by atoms with Crippen LogP contribution in [0.1, 0.15) is 63.9 Å². The van der Waals surface area contributed by atoms with Crippen LogP contribution in [-0.2, 0) is 19.6 Å². The molecular weight excluding hydrogens is 384 g/mol. The highest BCUT2D eigenvalue weighted by molar-refractivity contribution is 6.78. The van der Waals surface area contributed by atoms with Gasteiger partial charge in [0, 0.05) is 6.61 Å². The Morgan fingerprint density at radius 2 is 1.25 bits per heavy atom. The molecule has 1 aromatic carbocycles. The topological polar surface area (TPSA) is 36.9 Å². The van der Waals surface area contributed by atoms with Crippen LogP contribution in [0.5, 0.6) is 5.75 Å². The summed E-state index contributed by atoms with van der Waals surface area (Å²) in [6.07, 6.45) is 10.5. The zero-order chi connectivity index (χ0) is 20.9. The minimum atomic E-state index is -2.23. The lowest BCUT2D eigenvalue weighted by molar-refractivity contribution is 0.187. The van der Waals surface area contributed by atoms with Gasteiger partial charge in [-0.25, -0.2) is 0 Å². The van der Waals surface area contributed by atoms with Crippen molar-refractivity contribution in [1.82, 2.24) is 0 Å². The van der Waals surface area contributed by atoms with Crippen molar-refractivity contribution >= 4 is 17.1 Å². The number of methoxy groups -OCH3 is 1. The van der Waals surface area contributed by atoms with Crippen LogP contribution in [-0.4, -0.2) is 30.8 Å². The van der Waals surface area contributed by atoms with Gasteiger partial charge in [-0.2, -0.15) is 0 Å². The minimum Gasteiger partial charge on any atom is -0.497 e. The van der Waals surface area contributed by atoms with Crippen LogP contribution >= 0.6 is 0 Å². The second-order valence-corrected chi connectivity index (χ2v) is 15.4. The number of hydrogen-bond donors (Lipinski definition) is 0. The second-order valence-electron chi connectivity index (χ2n) is 8.36. The van der Waals surface area contributed by atoms with E-state index >= 15 is 0 Å². The van der Waals surface area contributed by atoms with Gasteiger partial charge in [0.05, 0.1) is 13.7 Å². The molecule has 0 radical (unpaired) electrons. The molecule has 0 atom stereocenters. The quantitative estimate of drug-likeness (QED) is 0.215. The molecule has 0 aliphatic carbocycles. The lowest BCUT2D eigenvalue weighted by atomic mass is 10.1. The SMILES string of the molecule is CCCCCCCCCCO[Si](C)(C)O[Si](C)(C)OCc1ccc(OC)cc1. The van der Waals surface area contributed by atoms with E-state index in [1.807, 2.05) is 24.3 Å². The van der Waals surface area contributed by atoms with E-state index in [-0.39, 0.29) is 0 Å². The number of rotatable bonds is 16. The van der Waals surface area contributed by atoms with E-state index in [9.17, 15) is 0 Å². The third-order valence-electron chi connectivity index (χ3n) is 4.68. The van der Waals surface area contributed by atoms with Gasteiger partial charge in [-0.3, -0.25) is 0 Å². The largest absolute Gasteiger partial charge is 0.497 e. The molecule has 0 heterocycles. The Kier molecular flexibility index (Phi) is 12.3. The van der Waals surface area contributed by atoms with Crippen molar-refractivity contribution in [3.8, 4) is 5.75 Å². The molecule has 0 saturated heterocycles. The Morgan fingerprint density at radius 3 is 1.82 bits per heavy atom. The number of hydrogen-bond acceptors (Lipinski definition) is 4. The molecule has 1 rings (SSSR count). The molecule has 0 N–H and O–H groups in total. The summed E-state index contributed by atoms with van der Waals surface area (Å²) in [5.41, 5.74) is 1.13. The van der Waals surface area contributed by atoms with Crippen LogP contribution in [0, 0.1) is 0 Å². The maximum atomic E-state index is 6.37. The third kappa shape index (κ3) is 12.0. The zero-order valence-corrected chi connectivity index (χ0v) is 21.0. The van der Waals surface area contributed by atoms with Gasteiger partial charge in [-0.15, -0.1) is 0 Å². The minimum absolute atomic E-state index is 0.561. The molecule has 6 heteroatoms. The molecular formula is C22H42O4Si2. The van der Waals surface area contributed by atoms with Crippen molar-refractivity contribution in [2.24, 2.45) is 0 Å². The molecule has 0 saturated carbocycles. The lowest BCUT2D eigenvalue weighted by Crippen LogP contribution is -2.48. The summed E-state index contributed by atoms with van der Waals surface area (Å²) in [6.45, 7) is 12.1. The summed E-state index contributed by atoms with van der Waals surface area (Å²) < 4.78 is 23.9.